The van der Waals surface area contributed by atoms with Crippen LogP contribution in [-0.2, 0) is 6.42 Å². The van der Waals surface area contributed by atoms with Gasteiger partial charge < -0.3 is 5.32 Å². The lowest BCUT2D eigenvalue weighted by atomic mass is 9.89. The lowest BCUT2D eigenvalue weighted by molar-refractivity contribution is 0.343. The van der Waals surface area contributed by atoms with Crippen LogP contribution in [0.5, 0.6) is 0 Å². The van der Waals surface area contributed by atoms with E-state index in [4.69, 9.17) is 0 Å². The van der Waals surface area contributed by atoms with Crippen LogP contribution in [0.3, 0.4) is 0 Å². The largest absolute Gasteiger partial charge is 0.316 e. The zero-order valence-electron chi connectivity index (χ0n) is 10.1. The quantitative estimate of drug-likeness (QED) is 0.745. The molecule has 0 saturated heterocycles. The van der Waals surface area contributed by atoms with Gasteiger partial charge in [0.15, 0.2) is 0 Å². The van der Waals surface area contributed by atoms with E-state index >= 15 is 0 Å². The van der Waals surface area contributed by atoms with Crippen molar-refractivity contribution in [2.75, 3.05) is 13.1 Å². The third-order valence-corrected chi connectivity index (χ3v) is 3.59. The molecule has 0 unspecified atom stereocenters. The zero-order chi connectivity index (χ0) is 11.1. The van der Waals surface area contributed by atoms with E-state index < -0.39 is 0 Å². The predicted molar refractivity (Wildman–Crippen MR) is 69.6 cm³/mol. The summed E-state index contributed by atoms with van der Waals surface area (Å²) in [4.78, 5) is 0. The molecule has 1 saturated carbocycles. The summed E-state index contributed by atoms with van der Waals surface area (Å²) >= 11 is 0. The van der Waals surface area contributed by atoms with E-state index in [-0.39, 0.29) is 0 Å². The van der Waals surface area contributed by atoms with Crippen molar-refractivity contribution in [3.05, 3.63) is 35.9 Å². The number of benzene rings is 1. The Kier molecular flexibility index (Phi) is 4.88. The van der Waals surface area contributed by atoms with Gasteiger partial charge in [0.1, 0.15) is 0 Å². The summed E-state index contributed by atoms with van der Waals surface area (Å²) in [6, 6.07) is 10.7. The monoisotopic (exact) mass is 217 g/mol. The first-order valence-electron chi connectivity index (χ1n) is 6.70. The Morgan fingerprint density at radius 1 is 1.00 bits per heavy atom. The minimum Gasteiger partial charge on any atom is -0.316 e. The second-order valence-corrected chi connectivity index (χ2v) is 4.94. The van der Waals surface area contributed by atoms with E-state index in [1.807, 2.05) is 0 Å². The van der Waals surface area contributed by atoms with Crippen molar-refractivity contribution in [1.29, 1.82) is 0 Å². The van der Waals surface area contributed by atoms with E-state index in [0.29, 0.717) is 0 Å². The molecule has 0 heterocycles. The van der Waals surface area contributed by atoms with Gasteiger partial charge in [-0.3, -0.25) is 0 Å². The van der Waals surface area contributed by atoms with Crippen LogP contribution in [0.25, 0.3) is 0 Å². The van der Waals surface area contributed by atoms with Gasteiger partial charge in [-0.25, -0.2) is 0 Å². The van der Waals surface area contributed by atoms with Gasteiger partial charge in [-0.15, -0.1) is 0 Å². The molecule has 16 heavy (non-hydrogen) atoms. The molecule has 1 aliphatic carbocycles. The van der Waals surface area contributed by atoms with Gasteiger partial charge in [-0.1, -0.05) is 49.6 Å². The second-order valence-electron chi connectivity index (χ2n) is 4.94. The molecule has 1 aromatic rings. The fourth-order valence-electron chi connectivity index (χ4n) is 2.57. The molecule has 0 radical (unpaired) electrons. The highest BCUT2D eigenvalue weighted by atomic mass is 14.9. The van der Waals surface area contributed by atoms with Crippen LogP contribution in [-0.4, -0.2) is 13.1 Å². The predicted octanol–water partition coefficient (Wildman–Crippen LogP) is 3.40. The second kappa shape index (κ2) is 6.70. The van der Waals surface area contributed by atoms with Crippen LogP contribution in [0.2, 0.25) is 0 Å². The highest BCUT2D eigenvalue weighted by Crippen LogP contribution is 2.22. The van der Waals surface area contributed by atoms with Gasteiger partial charge in [-0.05, 0) is 43.8 Å². The molecule has 2 rings (SSSR count). The summed E-state index contributed by atoms with van der Waals surface area (Å²) in [7, 11) is 0. The van der Waals surface area contributed by atoms with E-state index in [2.05, 4.69) is 35.6 Å². The lowest BCUT2D eigenvalue weighted by Crippen LogP contribution is -2.26. The number of hydrogen-bond donors (Lipinski definition) is 1. The Labute approximate surface area is 99.3 Å². The van der Waals surface area contributed by atoms with Crippen LogP contribution >= 0.6 is 0 Å². The van der Waals surface area contributed by atoms with Crippen molar-refractivity contribution in [2.45, 2.75) is 38.5 Å². The highest BCUT2D eigenvalue weighted by molar-refractivity contribution is 5.14. The zero-order valence-corrected chi connectivity index (χ0v) is 10.1. The van der Waals surface area contributed by atoms with E-state index in [0.717, 1.165) is 18.9 Å². The summed E-state index contributed by atoms with van der Waals surface area (Å²) in [5.74, 6) is 0.949. The summed E-state index contributed by atoms with van der Waals surface area (Å²) in [6.07, 6.45) is 8.40. The molecule has 0 aromatic heterocycles. The highest BCUT2D eigenvalue weighted by Gasteiger charge is 2.12. The van der Waals surface area contributed by atoms with Gasteiger partial charge in [0, 0.05) is 0 Å². The normalized spacial score (nSPS) is 17.5. The van der Waals surface area contributed by atoms with Gasteiger partial charge in [-0.2, -0.15) is 0 Å². The van der Waals surface area contributed by atoms with Crippen LogP contribution < -0.4 is 5.32 Å². The molecular formula is C15H23N. The molecular weight excluding hydrogens is 194 g/mol. The Hall–Kier alpha value is -0.820. The maximum atomic E-state index is 3.60. The first kappa shape index (κ1) is 11.7. The van der Waals surface area contributed by atoms with E-state index in [1.165, 1.54) is 44.2 Å². The summed E-state index contributed by atoms with van der Waals surface area (Å²) in [5.41, 5.74) is 1.44. The minimum absolute atomic E-state index is 0.949. The Morgan fingerprint density at radius 3 is 2.50 bits per heavy atom. The maximum absolute atomic E-state index is 3.60. The van der Waals surface area contributed by atoms with Crippen molar-refractivity contribution < 1.29 is 0 Å². The molecule has 0 spiro atoms. The Bertz CT molecular complexity index is 275. The average molecular weight is 217 g/mol. The van der Waals surface area contributed by atoms with Crippen molar-refractivity contribution in [3.63, 3.8) is 0 Å². The van der Waals surface area contributed by atoms with Gasteiger partial charge in [0.25, 0.3) is 0 Å². The Morgan fingerprint density at radius 2 is 1.75 bits per heavy atom. The maximum Gasteiger partial charge on any atom is -0.000824 e. The fourth-order valence-corrected chi connectivity index (χ4v) is 2.57. The van der Waals surface area contributed by atoms with Crippen molar-refractivity contribution in [2.24, 2.45) is 5.92 Å². The van der Waals surface area contributed by atoms with Crippen molar-refractivity contribution in [1.82, 2.24) is 5.32 Å². The summed E-state index contributed by atoms with van der Waals surface area (Å²) in [5, 5.41) is 3.60. The summed E-state index contributed by atoms with van der Waals surface area (Å²) < 4.78 is 0. The third kappa shape index (κ3) is 3.97. The molecule has 0 bridgehead atoms. The van der Waals surface area contributed by atoms with Crippen LogP contribution in [0.15, 0.2) is 30.3 Å². The SMILES string of the molecule is c1ccc(CCNCC2CCCCC2)cc1. The van der Waals surface area contributed by atoms with Crippen LogP contribution in [0.1, 0.15) is 37.7 Å². The molecule has 1 nitrogen and oxygen atoms in total. The molecule has 1 N–H and O–H groups in total. The molecule has 1 aliphatic rings. The topological polar surface area (TPSA) is 12.0 Å². The van der Waals surface area contributed by atoms with Crippen LogP contribution in [0.4, 0.5) is 0 Å². The molecule has 1 fully saturated rings. The summed E-state index contributed by atoms with van der Waals surface area (Å²) in [6.45, 7) is 2.35. The van der Waals surface area contributed by atoms with Crippen molar-refractivity contribution in [3.8, 4) is 0 Å². The molecule has 88 valence electrons. The number of hydrogen-bond acceptors (Lipinski definition) is 1. The fraction of sp³-hybridized carbons (Fsp3) is 0.600. The number of nitrogens with one attached hydrogen (secondary N) is 1. The van der Waals surface area contributed by atoms with E-state index in [1.54, 1.807) is 0 Å². The van der Waals surface area contributed by atoms with Crippen molar-refractivity contribution >= 4 is 0 Å². The van der Waals surface area contributed by atoms with E-state index in [9.17, 15) is 0 Å². The third-order valence-electron chi connectivity index (χ3n) is 3.59. The molecule has 1 heteroatoms. The average Bonchev–Trinajstić information content (AvgIpc) is 2.37. The molecule has 0 aliphatic heterocycles. The standard InChI is InChI=1S/C15H23N/c1-3-7-14(8-4-1)11-12-16-13-15-9-5-2-6-10-15/h1,3-4,7-8,15-16H,2,5-6,9-13H2. The van der Waals surface area contributed by atoms with Gasteiger partial charge in [0.05, 0.1) is 0 Å². The lowest BCUT2D eigenvalue weighted by Gasteiger charge is -2.21. The minimum atomic E-state index is 0.949. The first-order valence-corrected chi connectivity index (χ1v) is 6.70. The molecule has 0 amide bonds. The molecule has 0 atom stereocenters. The van der Waals surface area contributed by atoms with Crippen LogP contribution in [0, 0.1) is 5.92 Å². The Balaban J connectivity index is 1.58. The van der Waals surface area contributed by atoms with Gasteiger partial charge >= 0.3 is 0 Å². The number of rotatable bonds is 5. The first-order chi connectivity index (χ1) is 7.95. The van der Waals surface area contributed by atoms with Gasteiger partial charge in [0.2, 0.25) is 0 Å². The smallest absolute Gasteiger partial charge is 0.000824 e. The molecule has 1 aromatic carbocycles.